The molecule has 0 saturated carbocycles. The van der Waals surface area contributed by atoms with Gasteiger partial charge in [-0.15, -0.1) is 0 Å². The Morgan fingerprint density at radius 3 is 2.68 bits per heavy atom. The second kappa shape index (κ2) is 6.04. The normalized spacial score (nSPS) is 12.5. The highest BCUT2D eigenvalue weighted by atomic mass is 79.9. The number of halogens is 3. The molecule has 100 valence electrons. The van der Waals surface area contributed by atoms with Crippen LogP contribution in [-0.2, 0) is 6.42 Å². The molecular weight excluding hydrogens is 329 g/mol. The first-order chi connectivity index (χ1) is 8.97. The summed E-state index contributed by atoms with van der Waals surface area (Å²) in [5.74, 6) is -0.227. The van der Waals surface area contributed by atoms with Gasteiger partial charge in [0.15, 0.2) is 0 Å². The van der Waals surface area contributed by atoms with Crippen LogP contribution in [-0.4, -0.2) is 0 Å². The number of aryl methyl sites for hydroxylation is 1. The summed E-state index contributed by atoms with van der Waals surface area (Å²) >= 11 is 9.57. The second-order valence-corrected chi connectivity index (χ2v) is 5.87. The molecule has 0 amide bonds. The average Bonchev–Trinajstić information content (AvgIpc) is 2.35. The first kappa shape index (κ1) is 14.5. The lowest BCUT2D eigenvalue weighted by Gasteiger charge is -2.15. The summed E-state index contributed by atoms with van der Waals surface area (Å²) in [6, 6.07) is 10.2. The Balaban J connectivity index is 2.25. The van der Waals surface area contributed by atoms with Crippen LogP contribution in [0.5, 0.6) is 0 Å². The SMILES string of the molecule is Cc1cc(F)ccc1CC(N)c1cc(Br)ccc1Cl. The van der Waals surface area contributed by atoms with Gasteiger partial charge in [0.25, 0.3) is 0 Å². The summed E-state index contributed by atoms with van der Waals surface area (Å²) in [7, 11) is 0. The first-order valence-electron chi connectivity index (χ1n) is 5.93. The van der Waals surface area contributed by atoms with Crippen LogP contribution in [0, 0.1) is 12.7 Å². The standard InChI is InChI=1S/C15H14BrClFN/c1-9-6-12(18)4-2-10(9)7-15(19)13-8-11(16)3-5-14(13)17/h2-6,8,15H,7,19H2,1H3. The fraction of sp³-hybridized carbons (Fsp3) is 0.200. The van der Waals surface area contributed by atoms with Crippen LogP contribution >= 0.6 is 27.5 Å². The third-order valence-corrected chi connectivity index (χ3v) is 3.94. The summed E-state index contributed by atoms with van der Waals surface area (Å²) in [4.78, 5) is 0. The number of hydrogen-bond donors (Lipinski definition) is 1. The monoisotopic (exact) mass is 341 g/mol. The molecule has 2 aromatic rings. The molecule has 0 bridgehead atoms. The molecule has 1 unspecified atom stereocenters. The smallest absolute Gasteiger partial charge is 0.123 e. The number of nitrogens with two attached hydrogens (primary N) is 1. The topological polar surface area (TPSA) is 26.0 Å². The van der Waals surface area contributed by atoms with Crippen molar-refractivity contribution in [1.29, 1.82) is 0 Å². The van der Waals surface area contributed by atoms with Crippen molar-refractivity contribution in [2.75, 3.05) is 0 Å². The summed E-state index contributed by atoms with van der Waals surface area (Å²) < 4.78 is 14.0. The van der Waals surface area contributed by atoms with E-state index in [1.165, 1.54) is 12.1 Å². The van der Waals surface area contributed by atoms with Gasteiger partial charge in [0.05, 0.1) is 0 Å². The third kappa shape index (κ3) is 3.56. The Bertz CT molecular complexity index is 601. The van der Waals surface area contributed by atoms with Gasteiger partial charge >= 0.3 is 0 Å². The van der Waals surface area contributed by atoms with E-state index in [2.05, 4.69) is 15.9 Å². The van der Waals surface area contributed by atoms with Gasteiger partial charge in [-0.05, 0) is 60.4 Å². The maximum atomic E-state index is 13.1. The highest BCUT2D eigenvalue weighted by Crippen LogP contribution is 2.28. The zero-order chi connectivity index (χ0) is 14.0. The molecule has 0 aliphatic carbocycles. The third-order valence-electron chi connectivity index (χ3n) is 3.10. The summed E-state index contributed by atoms with van der Waals surface area (Å²) in [6.07, 6.45) is 0.627. The molecule has 0 aliphatic heterocycles. The van der Waals surface area contributed by atoms with Gasteiger partial charge < -0.3 is 5.73 Å². The lowest BCUT2D eigenvalue weighted by Crippen LogP contribution is -2.14. The molecule has 0 spiro atoms. The van der Waals surface area contributed by atoms with E-state index < -0.39 is 0 Å². The largest absolute Gasteiger partial charge is 0.324 e. The quantitative estimate of drug-likeness (QED) is 0.852. The van der Waals surface area contributed by atoms with Crippen LogP contribution in [0.15, 0.2) is 40.9 Å². The van der Waals surface area contributed by atoms with Gasteiger partial charge in [0, 0.05) is 15.5 Å². The zero-order valence-corrected chi connectivity index (χ0v) is 12.8. The highest BCUT2D eigenvalue weighted by molar-refractivity contribution is 9.10. The average molecular weight is 343 g/mol. The molecule has 2 N–H and O–H groups in total. The molecule has 1 atom stereocenters. The zero-order valence-electron chi connectivity index (χ0n) is 10.5. The van der Waals surface area contributed by atoms with Crippen LogP contribution < -0.4 is 5.73 Å². The van der Waals surface area contributed by atoms with Crippen LogP contribution in [0.3, 0.4) is 0 Å². The van der Waals surface area contributed by atoms with E-state index in [0.717, 1.165) is 21.2 Å². The van der Waals surface area contributed by atoms with E-state index in [1.807, 2.05) is 25.1 Å². The molecule has 2 aromatic carbocycles. The van der Waals surface area contributed by atoms with E-state index in [-0.39, 0.29) is 11.9 Å². The number of rotatable bonds is 3. The van der Waals surface area contributed by atoms with Crippen molar-refractivity contribution in [3.63, 3.8) is 0 Å². The maximum absolute atomic E-state index is 13.1. The van der Waals surface area contributed by atoms with Crippen molar-refractivity contribution in [2.24, 2.45) is 5.73 Å². The predicted molar refractivity (Wildman–Crippen MR) is 80.9 cm³/mol. The van der Waals surface area contributed by atoms with Crippen molar-refractivity contribution < 1.29 is 4.39 Å². The van der Waals surface area contributed by atoms with E-state index in [0.29, 0.717) is 11.4 Å². The molecule has 2 rings (SSSR count). The van der Waals surface area contributed by atoms with Crippen LogP contribution in [0.2, 0.25) is 5.02 Å². The Labute approximate surface area is 125 Å². The first-order valence-corrected chi connectivity index (χ1v) is 7.10. The predicted octanol–water partition coefficient (Wildman–Crippen LogP) is 4.79. The highest BCUT2D eigenvalue weighted by Gasteiger charge is 2.13. The molecule has 0 fully saturated rings. The van der Waals surface area contributed by atoms with Crippen molar-refractivity contribution in [2.45, 2.75) is 19.4 Å². The molecule has 4 heteroatoms. The van der Waals surface area contributed by atoms with Gasteiger partial charge in [-0.3, -0.25) is 0 Å². The molecule has 0 radical (unpaired) electrons. The Hall–Kier alpha value is -0.900. The van der Waals surface area contributed by atoms with Gasteiger partial charge in [0.1, 0.15) is 5.82 Å². The van der Waals surface area contributed by atoms with Gasteiger partial charge in [-0.2, -0.15) is 0 Å². The Kier molecular flexibility index (Phi) is 4.61. The molecule has 0 heterocycles. The van der Waals surface area contributed by atoms with Gasteiger partial charge in [-0.25, -0.2) is 4.39 Å². The summed E-state index contributed by atoms with van der Waals surface area (Å²) in [5, 5.41) is 0.649. The number of benzene rings is 2. The fourth-order valence-electron chi connectivity index (χ4n) is 2.03. The maximum Gasteiger partial charge on any atom is 0.123 e. The lowest BCUT2D eigenvalue weighted by molar-refractivity contribution is 0.624. The van der Waals surface area contributed by atoms with Gasteiger partial charge in [0.2, 0.25) is 0 Å². The molecule has 0 saturated heterocycles. The van der Waals surface area contributed by atoms with Crippen LogP contribution in [0.4, 0.5) is 4.39 Å². The molecule has 19 heavy (non-hydrogen) atoms. The van der Waals surface area contributed by atoms with Crippen LogP contribution in [0.25, 0.3) is 0 Å². The lowest BCUT2D eigenvalue weighted by atomic mass is 9.97. The minimum atomic E-state index is -0.227. The summed E-state index contributed by atoms with van der Waals surface area (Å²) in [5.41, 5.74) is 9.03. The van der Waals surface area contributed by atoms with Gasteiger partial charge in [-0.1, -0.05) is 33.6 Å². The van der Waals surface area contributed by atoms with Crippen molar-refractivity contribution >= 4 is 27.5 Å². The summed E-state index contributed by atoms with van der Waals surface area (Å²) in [6.45, 7) is 1.88. The van der Waals surface area contributed by atoms with Crippen molar-refractivity contribution in [3.8, 4) is 0 Å². The van der Waals surface area contributed by atoms with Crippen LogP contribution in [0.1, 0.15) is 22.7 Å². The Morgan fingerprint density at radius 2 is 2.00 bits per heavy atom. The minimum Gasteiger partial charge on any atom is -0.324 e. The fourth-order valence-corrected chi connectivity index (χ4v) is 2.67. The van der Waals surface area contributed by atoms with E-state index in [4.69, 9.17) is 17.3 Å². The molecule has 1 nitrogen and oxygen atoms in total. The minimum absolute atomic E-state index is 0.214. The number of hydrogen-bond acceptors (Lipinski definition) is 1. The van der Waals surface area contributed by atoms with E-state index >= 15 is 0 Å². The molecular formula is C15H14BrClFN. The Morgan fingerprint density at radius 1 is 1.26 bits per heavy atom. The van der Waals surface area contributed by atoms with Crippen molar-refractivity contribution in [1.82, 2.24) is 0 Å². The second-order valence-electron chi connectivity index (χ2n) is 4.55. The molecule has 0 aromatic heterocycles. The molecule has 0 aliphatic rings. The van der Waals surface area contributed by atoms with Crippen molar-refractivity contribution in [3.05, 3.63) is 68.4 Å². The van der Waals surface area contributed by atoms with E-state index in [9.17, 15) is 4.39 Å². The van der Waals surface area contributed by atoms with E-state index in [1.54, 1.807) is 6.07 Å².